The van der Waals surface area contributed by atoms with Crippen molar-refractivity contribution >= 4 is 0 Å². The van der Waals surface area contributed by atoms with Gasteiger partial charge < -0.3 is 10.3 Å². The van der Waals surface area contributed by atoms with Crippen LogP contribution >= 0.6 is 0 Å². The van der Waals surface area contributed by atoms with E-state index < -0.39 is 0 Å². The second-order valence-corrected chi connectivity index (χ2v) is 5.52. The summed E-state index contributed by atoms with van der Waals surface area (Å²) in [6.45, 7) is 2.80. The van der Waals surface area contributed by atoms with Gasteiger partial charge in [0.05, 0.1) is 5.69 Å². The van der Waals surface area contributed by atoms with Gasteiger partial charge in [-0.25, -0.2) is 4.98 Å². The Morgan fingerprint density at radius 1 is 1.09 bits per heavy atom. The summed E-state index contributed by atoms with van der Waals surface area (Å²) >= 11 is 0. The maximum Gasteiger partial charge on any atom is 0.251 e. The summed E-state index contributed by atoms with van der Waals surface area (Å²) in [5.74, 6) is 0.604. The van der Waals surface area contributed by atoms with Gasteiger partial charge in [0, 0.05) is 23.7 Å². The zero-order valence-electron chi connectivity index (χ0n) is 13.3. The second-order valence-electron chi connectivity index (χ2n) is 5.52. The first-order valence-corrected chi connectivity index (χ1v) is 7.58. The van der Waals surface area contributed by atoms with E-state index in [0.29, 0.717) is 11.5 Å². The van der Waals surface area contributed by atoms with E-state index in [1.165, 1.54) is 6.07 Å². The molecule has 3 rings (SSSR count). The predicted octanol–water partition coefficient (Wildman–Crippen LogP) is 3.13. The third-order valence-electron chi connectivity index (χ3n) is 3.75. The summed E-state index contributed by atoms with van der Waals surface area (Å²) in [6, 6.07) is 17.5. The molecule has 116 valence electrons. The summed E-state index contributed by atoms with van der Waals surface area (Å²) < 4.78 is 0. The van der Waals surface area contributed by atoms with Crippen molar-refractivity contribution in [1.82, 2.24) is 15.3 Å². The van der Waals surface area contributed by atoms with Gasteiger partial charge >= 0.3 is 0 Å². The van der Waals surface area contributed by atoms with Crippen molar-refractivity contribution in [3.63, 3.8) is 0 Å². The highest BCUT2D eigenvalue weighted by Crippen LogP contribution is 2.23. The molecule has 23 heavy (non-hydrogen) atoms. The molecule has 0 aliphatic rings. The van der Waals surface area contributed by atoms with Crippen molar-refractivity contribution in [2.75, 3.05) is 7.05 Å². The van der Waals surface area contributed by atoms with Gasteiger partial charge in [-0.1, -0.05) is 42.5 Å². The number of hydrogen-bond donors (Lipinski definition) is 2. The number of H-pyrrole nitrogens is 1. The molecule has 2 aromatic carbocycles. The Bertz CT molecular complexity index is 869. The van der Waals surface area contributed by atoms with Crippen LogP contribution in [0.1, 0.15) is 11.1 Å². The van der Waals surface area contributed by atoms with Crippen LogP contribution in [0.15, 0.2) is 59.4 Å². The summed E-state index contributed by atoms with van der Waals surface area (Å²) in [7, 11) is 1.91. The van der Waals surface area contributed by atoms with Crippen molar-refractivity contribution in [3.05, 3.63) is 76.1 Å². The maximum atomic E-state index is 12.1. The Labute approximate surface area is 135 Å². The Morgan fingerprint density at radius 2 is 1.87 bits per heavy atom. The fourth-order valence-corrected chi connectivity index (χ4v) is 2.58. The molecule has 1 aromatic heterocycles. The summed E-state index contributed by atoms with van der Waals surface area (Å²) in [4.78, 5) is 19.6. The summed E-state index contributed by atoms with van der Waals surface area (Å²) in [6.07, 6.45) is 0. The number of aryl methyl sites for hydroxylation is 1. The average molecular weight is 305 g/mol. The number of nitrogens with zero attached hydrogens (tertiary/aromatic N) is 1. The quantitative estimate of drug-likeness (QED) is 0.778. The lowest BCUT2D eigenvalue weighted by Crippen LogP contribution is -2.10. The van der Waals surface area contributed by atoms with E-state index >= 15 is 0 Å². The van der Waals surface area contributed by atoms with Gasteiger partial charge in [0.25, 0.3) is 5.56 Å². The highest BCUT2D eigenvalue weighted by molar-refractivity contribution is 5.65. The molecular formula is C19H19N3O. The molecule has 0 radical (unpaired) electrons. The zero-order valence-corrected chi connectivity index (χ0v) is 13.3. The summed E-state index contributed by atoms with van der Waals surface area (Å²) in [5, 5.41) is 3.14. The van der Waals surface area contributed by atoms with Crippen LogP contribution < -0.4 is 10.9 Å². The lowest BCUT2D eigenvalue weighted by Gasteiger charge is -2.10. The Morgan fingerprint density at radius 3 is 2.61 bits per heavy atom. The van der Waals surface area contributed by atoms with Gasteiger partial charge in [0.2, 0.25) is 0 Å². The van der Waals surface area contributed by atoms with Crippen molar-refractivity contribution in [1.29, 1.82) is 0 Å². The molecule has 0 saturated carbocycles. The molecule has 0 amide bonds. The van der Waals surface area contributed by atoms with Gasteiger partial charge in [-0.2, -0.15) is 0 Å². The van der Waals surface area contributed by atoms with Crippen LogP contribution in [-0.2, 0) is 6.54 Å². The maximum absolute atomic E-state index is 12.1. The highest BCUT2D eigenvalue weighted by Gasteiger charge is 2.09. The van der Waals surface area contributed by atoms with Crippen molar-refractivity contribution < 1.29 is 0 Å². The third-order valence-corrected chi connectivity index (χ3v) is 3.75. The molecule has 1 heterocycles. The van der Waals surface area contributed by atoms with E-state index in [-0.39, 0.29) is 5.56 Å². The van der Waals surface area contributed by atoms with Gasteiger partial charge in [-0.3, -0.25) is 4.79 Å². The SMILES string of the molecule is CNCc1ccc(C)c(-c2nc(-c3ccccc3)cc(=O)[nH]2)c1. The smallest absolute Gasteiger partial charge is 0.251 e. The van der Waals surface area contributed by atoms with Crippen LogP contribution in [0.4, 0.5) is 0 Å². The molecule has 0 aliphatic carbocycles. The first-order chi connectivity index (χ1) is 11.2. The lowest BCUT2D eigenvalue weighted by atomic mass is 10.0. The molecule has 2 N–H and O–H groups in total. The third kappa shape index (κ3) is 3.38. The molecular weight excluding hydrogens is 286 g/mol. The first kappa shape index (κ1) is 15.2. The minimum atomic E-state index is -0.146. The van der Waals surface area contributed by atoms with Crippen LogP contribution in [0.2, 0.25) is 0 Å². The Kier molecular flexibility index (Phi) is 4.35. The van der Waals surface area contributed by atoms with Crippen LogP contribution in [-0.4, -0.2) is 17.0 Å². The van der Waals surface area contributed by atoms with Crippen LogP contribution in [0, 0.1) is 6.92 Å². The van der Waals surface area contributed by atoms with Crippen LogP contribution in [0.3, 0.4) is 0 Å². The van der Waals surface area contributed by atoms with Gasteiger partial charge in [-0.05, 0) is 31.2 Å². The molecule has 0 spiro atoms. The second kappa shape index (κ2) is 6.58. The lowest BCUT2D eigenvalue weighted by molar-refractivity contribution is 0.817. The molecule has 3 aromatic rings. The number of aromatic amines is 1. The number of benzene rings is 2. The minimum Gasteiger partial charge on any atom is -0.316 e. The van der Waals surface area contributed by atoms with E-state index in [4.69, 9.17) is 0 Å². The minimum absolute atomic E-state index is 0.146. The molecule has 0 atom stereocenters. The van der Waals surface area contributed by atoms with Crippen molar-refractivity contribution in [3.8, 4) is 22.6 Å². The van der Waals surface area contributed by atoms with Gasteiger partial charge in [-0.15, -0.1) is 0 Å². The molecule has 0 fully saturated rings. The topological polar surface area (TPSA) is 57.8 Å². The Hall–Kier alpha value is -2.72. The van der Waals surface area contributed by atoms with E-state index in [1.807, 2.05) is 44.3 Å². The van der Waals surface area contributed by atoms with Crippen molar-refractivity contribution in [2.45, 2.75) is 13.5 Å². The van der Waals surface area contributed by atoms with E-state index in [2.05, 4.69) is 33.5 Å². The average Bonchev–Trinajstić information content (AvgIpc) is 2.57. The highest BCUT2D eigenvalue weighted by atomic mass is 16.1. The normalized spacial score (nSPS) is 10.7. The molecule has 0 aliphatic heterocycles. The van der Waals surface area contributed by atoms with Crippen LogP contribution in [0.25, 0.3) is 22.6 Å². The predicted molar refractivity (Wildman–Crippen MR) is 93.2 cm³/mol. The van der Waals surface area contributed by atoms with Gasteiger partial charge in [0.15, 0.2) is 0 Å². The fraction of sp³-hybridized carbons (Fsp3) is 0.158. The van der Waals surface area contributed by atoms with Crippen LogP contribution in [0.5, 0.6) is 0 Å². The molecule has 4 nitrogen and oxygen atoms in total. The number of nitrogens with one attached hydrogen (secondary N) is 2. The first-order valence-electron chi connectivity index (χ1n) is 7.58. The fourth-order valence-electron chi connectivity index (χ4n) is 2.58. The molecule has 0 saturated heterocycles. The Balaban J connectivity index is 2.12. The van der Waals surface area contributed by atoms with E-state index in [0.717, 1.165) is 28.8 Å². The van der Waals surface area contributed by atoms with Gasteiger partial charge in [0.1, 0.15) is 5.82 Å². The number of hydrogen-bond acceptors (Lipinski definition) is 3. The molecule has 0 unspecified atom stereocenters. The van der Waals surface area contributed by atoms with E-state index in [9.17, 15) is 4.79 Å². The zero-order chi connectivity index (χ0) is 16.2. The van der Waals surface area contributed by atoms with Crippen molar-refractivity contribution in [2.24, 2.45) is 0 Å². The summed E-state index contributed by atoms with van der Waals surface area (Å²) in [5.41, 5.74) is 4.66. The molecule has 0 bridgehead atoms. The number of aromatic nitrogens is 2. The number of rotatable bonds is 4. The van der Waals surface area contributed by atoms with E-state index in [1.54, 1.807) is 0 Å². The standard InChI is InChI=1S/C19H19N3O/c1-13-8-9-14(12-20-2)10-16(13)19-21-17(11-18(23)22-19)15-6-4-3-5-7-15/h3-11,20H,12H2,1-2H3,(H,21,22,23). The largest absolute Gasteiger partial charge is 0.316 e. The molecule has 4 heteroatoms. The monoisotopic (exact) mass is 305 g/mol.